The molecule has 9 heteroatoms. The van der Waals surface area contributed by atoms with E-state index < -0.39 is 0 Å². The van der Waals surface area contributed by atoms with Gasteiger partial charge in [0.1, 0.15) is 6.54 Å². The fourth-order valence-corrected chi connectivity index (χ4v) is 2.84. The Bertz CT molecular complexity index is 1100. The predicted octanol–water partition coefficient (Wildman–Crippen LogP) is 1.58. The molecule has 0 spiro atoms. The van der Waals surface area contributed by atoms with Gasteiger partial charge in [-0.1, -0.05) is 0 Å². The third-order valence-corrected chi connectivity index (χ3v) is 3.97. The first kappa shape index (κ1) is 16.0. The molecule has 0 aliphatic heterocycles. The zero-order chi connectivity index (χ0) is 18.3. The number of anilines is 1. The Morgan fingerprint density at radius 3 is 2.69 bits per heavy atom. The average Bonchev–Trinajstić information content (AvgIpc) is 3.25. The van der Waals surface area contributed by atoms with Gasteiger partial charge in [-0.3, -0.25) is 19.5 Å². The van der Waals surface area contributed by atoms with Crippen molar-refractivity contribution in [2.75, 3.05) is 5.32 Å². The first-order valence-corrected chi connectivity index (χ1v) is 8.14. The van der Waals surface area contributed by atoms with Crippen LogP contribution in [0.15, 0.2) is 36.9 Å². The van der Waals surface area contributed by atoms with Gasteiger partial charge < -0.3 is 0 Å². The van der Waals surface area contributed by atoms with E-state index in [1.54, 1.807) is 26.3 Å². The molecule has 0 atom stereocenters. The van der Waals surface area contributed by atoms with E-state index >= 15 is 0 Å². The molecule has 0 aromatic carbocycles. The molecule has 0 aliphatic rings. The molecule has 1 N–H and O–H groups in total. The Balaban J connectivity index is 1.55. The largest absolute Gasteiger partial charge is 0.292 e. The molecule has 26 heavy (non-hydrogen) atoms. The molecule has 1 amide bonds. The first-order valence-electron chi connectivity index (χ1n) is 8.14. The lowest BCUT2D eigenvalue weighted by Crippen LogP contribution is -2.19. The van der Waals surface area contributed by atoms with Crippen molar-refractivity contribution in [3.63, 3.8) is 0 Å². The van der Waals surface area contributed by atoms with Crippen LogP contribution < -0.4 is 5.32 Å². The summed E-state index contributed by atoms with van der Waals surface area (Å²) in [4.78, 5) is 16.5. The Morgan fingerprint density at radius 2 is 2.00 bits per heavy atom. The van der Waals surface area contributed by atoms with Gasteiger partial charge in [-0.15, -0.1) is 5.10 Å². The summed E-state index contributed by atoms with van der Waals surface area (Å²) in [6, 6.07) is 3.83. The summed E-state index contributed by atoms with van der Waals surface area (Å²) in [7, 11) is 1.89. The number of aromatic nitrogens is 7. The van der Waals surface area contributed by atoms with Gasteiger partial charge in [-0.2, -0.15) is 15.2 Å². The molecule has 4 aromatic rings. The second kappa shape index (κ2) is 6.10. The third-order valence-electron chi connectivity index (χ3n) is 3.97. The average molecular weight is 350 g/mol. The van der Waals surface area contributed by atoms with E-state index in [0.717, 1.165) is 22.4 Å². The summed E-state index contributed by atoms with van der Waals surface area (Å²) in [5.41, 5.74) is 4.61. The number of fused-ring (bicyclic) bond motifs is 1. The third kappa shape index (κ3) is 3.06. The molecule has 0 saturated heterocycles. The van der Waals surface area contributed by atoms with Crippen LogP contribution in [-0.2, 0) is 18.4 Å². The van der Waals surface area contributed by atoms with Gasteiger partial charge >= 0.3 is 0 Å². The Morgan fingerprint density at radius 1 is 1.15 bits per heavy atom. The fourth-order valence-electron chi connectivity index (χ4n) is 2.84. The van der Waals surface area contributed by atoms with Crippen molar-refractivity contribution in [1.82, 2.24) is 34.2 Å². The van der Waals surface area contributed by atoms with E-state index in [1.807, 2.05) is 45.4 Å². The minimum atomic E-state index is -0.229. The number of hydrogen-bond acceptors (Lipinski definition) is 5. The number of nitrogens with zero attached hydrogens (tertiary/aromatic N) is 7. The second-order valence-electron chi connectivity index (χ2n) is 6.22. The van der Waals surface area contributed by atoms with Crippen molar-refractivity contribution in [1.29, 1.82) is 0 Å². The molecule has 0 unspecified atom stereocenters. The van der Waals surface area contributed by atoms with Crippen molar-refractivity contribution in [3.05, 3.63) is 48.2 Å². The lowest BCUT2D eigenvalue weighted by Gasteiger charge is -2.00. The van der Waals surface area contributed by atoms with Crippen LogP contribution in [0.25, 0.3) is 16.8 Å². The van der Waals surface area contributed by atoms with Crippen molar-refractivity contribution < 1.29 is 4.79 Å². The lowest BCUT2D eigenvalue weighted by atomic mass is 10.1. The van der Waals surface area contributed by atoms with Crippen LogP contribution in [0.2, 0.25) is 0 Å². The van der Waals surface area contributed by atoms with Gasteiger partial charge in [-0.25, -0.2) is 4.52 Å². The maximum absolute atomic E-state index is 12.1. The maximum atomic E-state index is 12.1. The Kier molecular flexibility index (Phi) is 3.76. The minimum Gasteiger partial charge on any atom is -0.292 e. The Hall–Kier alpha value is -3.49. The summed E-state index contributed by atoms with van der Waals surface area (Å²) < 4.78 is 5.00. The van der Waals surface area contributed by atoms with E-state index in [-0.39, 0.29) is 18.4 Å². The zero-order valence-electron chi connectivity index (χ0n) is 14.7. The highest BCUT2D eigenvalue weighted by Crippen LogP contribution is 2.22. The molecule has 0 aliphatic carbocycles. The summed E-state index contributed by atoms with van der Waals surface area (Å²) in [5.74, 6) is 0.0336. The molecule has 4 heterocycles. The molecule has 0 bridgehead atoms. The van der Waals surface area contributed by atoms with Crippen molar-refractivity contribution in [3.8, 4) is 11.1 Å². The highest BCUT2D eigenvalue weighted by molar-refractivity contribution is 5.88. The highest BCUT2D eigenvalue weighted by atomic mass is 16.2. The maximum Gasteiger partial charge on any atom is 0.249 e. The molecule has 0 fully saturated rings. The molecule has 4 aromatic heterocycles. The highest BCUT2D eigenvalue weighted by Gasteiger charge is 2.11. The molecule has 132 valence electrons. The topological polar surface area (TPSA) is 94.9 Å². The van der Waals surface area contributed by atoms with Gasteiger partial charge in [0.25, 0.3) is 0 Å². The summed E-state index contributed by atoms with van der Waals surface area (Å²) in [6.45, 7) is 4.00. The molecular formula is C17H18N8O. The number of rotatable bonds is 4. The number of hydrogen-bond donors (Lipinski definition) is 1. The molecule has 9 nitrogen and oxygen atoms in total. The lowest BCUT2D eigenvalue weighted by molar-refractivity contribution is -0.116. The van der Waals surface area contributed by atoms with Gasteiger partial charge in [0.05, 0.1) is 11.9 Å². The number of carbonyl (C=O) groups is 1. The van der Waals surface area contributed by atoms with Crippen LogP contribution in [0.1, 0.15) is 11.3 Å². The fraction of sp³-hybridized carbons (Fsp3) is 0.235. The quantitative estimate of drug-likeness (QED) is 0.603. The van der Waals surface area contributed by atoms with Gasteiger partial charge in [0.2, 0.25) is 11.9 Å². The van der Waals surface area contributed by atoms with Crippen LogP contribution in [0.3, 0.4) is 0 Å². The van der Waals surface area contributed by atoms with E-state index in [9.17, 15) is 4.79 Å². The van der Waals surface area contributed by atoms with Gasteiger partial charge in [0.15, 0.2) is 5.65 Å². The molecule has 0 saturated carbocycles. The van der Waals surface area contributed by atoms with E-state index in [1.165, 1.54) is 0 Å². The molecule has 4 rings (SSSR count). The molecular weight excluding hydrogens is 332 g/mol. The summed E-state index contributed by atoms with van der Waals surface area (Å²) >= 11 is 0. The SMILES string of the molecule is Cc1cnn(CC(=O)Nc2nc3ccc(-c4cn(C)nc4C)cn3n2)c1. The van der Waals surface area contributed by atoms with Crippen LogP contribution in [-0.4, -0.2) is 40.1 Å². The van der Waals surface area contributed by atoms with Crippen LogP contribution in [0, 0.1) is 13.8 Å². The second-order valence-corrected chi connectivity index (χ2v) is 6.22. The number of aryl methyl sites for hydroxylation is 3. The van der Waals surface area contributed by atoms with Crippen molar-refractivity contribution >= 4 is 17.5 Å². The predicted molar refractivity (Wildman–Crippen MR) is 95.5 cm³/mol. The summed E-state index contributed by atoms with van der Waals surface area (Å²) in [5, 5.41) is 15.5. The number of pyridine rings is 1. The van der Waals surface area contributed by atoms with Gasteiger partial charge in [-0.05, 0) is 31.5 Å². The minimum absolute atomic E-state index is 0.115. The smallest absolute Gasteiger partial charge is 0.249 e. The standard InChI is InChI=1S/C17H18N8O/c1-11-6-18-24(7-11)10-16(26)20-17-19-15-5-4-13(8-25(15)22-17)14-9-23(3)21-12(14)2/h4-9H,10H2,1-3H3,(H,20,22,26). The summed E-state index contributed by atoms with van der Waals surface area (Å²) in [6.07, 6.45) is 7.35. The zero-order valence-corrected chi connectivity index (χ0v) is 14.7. The Labute approximate surface area is 149 Å². The number of amides is 1. The van der Waals surface area contributed by atoms with Crippen LogP contribution in [0.5, 0.6) is 0 Å². The number of carbonyl (C=O) groups excluding carboxylic acids is 1. The number of nitrogens with one attached hydrogen (secondary N) is 1. The first-order chi connectivity index (χ1) is 12.5. The monoisotopic (exact) mass is 350 g/mol. The van der Waals surface area contributed by atoms with Crippen molar-refractivity contribution in [2.24, 2.45) is 7.05 Å². The van der Waals surface area contributed by atoms with Gasteiger partial charge in [0, 0.05) is 36.8 Å². The molecule has 0 radical (unpaired) electrons. The van der Waals surface area contributed by atoms with E-state index in [2.05, 4.69) is 25.6 Å². The van der Waals surface area contributed by atoms with E-state index in [4.69, 9.17) is 0 Å². The van der Waals surface area contributed by atoms with E-state index in [0.29, 0.717) is 5.65 Å². The van der Waals surface area contributed by atoms with Crippen LogP contribution in [0.4, 0.5) is 5.95 Å². The van der Waals surface area contributed by atoms with Crippen molar-refractivity contribution in [2.45, 2.75) is 20.4 Å². The van der Waals surface area contributed by atoms with Crippen LogP contribution >= 0.6 is 0 Å². The normalized spacial score (nSPS) is 11.2.